The third-order valence-electron chi connectivity index (χ3n) is 4.44. The number of fused-ring (bicyclic) bond motifs is 1. The van der Waals surface area contributed by atoms with Crippen LogP contribution in [0.3, 0.4) is 0 Å². The van der Waals surface area contributed by atoms with Gasteiger partial charge in [-0.2, -0.15) is 0 Å². The number of nitrogens with zero attached hydrogens (tertiary/aromatic N) is 3. The number of carbonyl (C=O) groups is 1. The summed E-state index contributed by atoms with van der Waals surface area (Å²) in [6.45, 7) is 6.65. The predicted molar refractivity (Wildman–Crippen MR) is 112 cm³/mol. The van der Waals surface area contributed by atoms with Gasteiger partial charge in [0.05, 0.1) is 12.9 Å². The zero-order valence-corrected chi connectivity index (χ0v) is 17.8. The van der Waals surface area contributed by atoms with E-state index in [-0.39, 0.29) is 5.91 Å². The van der Waals surface area contributed by atoms with E-state index in [2.05, 4.69) is 23.8 Å². The van der Waals surface area contributed by atoms with Gasteiger partial charge in [0.2, 0.25) is 5.91 Å². The zero-order valence-electron chi connectivity index (χ0n) is 16.2. The van der Waals surface area contributed by atoms with Crippen LogP contribution in [0, 0.1) is 20.8 Å². The smallest absolute Gasteiger partial charge is 0.233 e. The standard InChI is InChI=1S/C20H23N3O2S2/c1-12-13(2)27-20-18(12)19(21-14(3)22-20)26-11-17(24)23(4)10-15-6-8-16(25-5)9-7-15/h6-9H,10-11H2,1-5H3. The molecule has 3 rings (SSSR count). The van der Waals surface area contributed by atoms with Crippen LogP contribution >= 0.6 is 23.1 Å². The second kappa shape index (κ2) is 8.27. The molecule has 0 aliphatic carbocycles. The molecule has 0 saturated heterocycles. The van der Waals surface area contributed by atoms with E-state index in [0.717, 1.165) is 32.4 Å². The van der Waals surface area contributed by atoms with Gasteiger partial charge in [0.1, 0.15) is 21.4 Å². The summed E-state index contributed by atoms with van der Waals surface area (Å²) in [5, 5.41) is 1.98. The monoisotopic (exact) mass is 401 g/mol. The molecule has 2 aromatic heterocycles. The van der Waals surface area contributed by atoms with Crippen LogP contribution in [0.4, 0.5) is 0 Å². The summed E-state index contributed by atoms with van der Waals surface area (Å²) in [7, 11) is 3.47. The van der Waals surface area contributed by atoms with E-state index in [4.69, 9.17) is 4.74 Å². The fourth-order valence-corrected chi connectivity index (χ4v) is 4.96. The Bertz CT molecular complexity index is 968. The summed E-state index contributed by atoms with van der Waals surface area (Å²) in [6.07, 6.45) is 0. The normalized spacial score (nSPS) is 11.0. The highest BCUT2D eigenvalue weighted by Crippen LogP contribution is 2.35. The maximum Gasteiger partial charge on any atom is 0.233 e. The summed E-state index contributed by atoms with van der Waals surface area (Å²) in [5.41, 5.74) is 2.28. The van der Waals surface area contributed by atoms with Crippen LogP contribution < -0.4 is 4.74 Å². The molecule has 0 fully saturated rings. The van der Waals surface area contributed by atoms with Gasteiger partial charge >= 0.3 is 0 Å². The van der Waals surface area contributed by atoms with Crippen molar-refractivity contribution in [1.82, 2.24) is 14.9 Å². The molecule has 1 aromatic carbocycles. The molecule has 27 heavy (non-hydrogen) atoms. The molecule has 0 bridgehead atoms. The molecule has 3 aromatic rings. The quantitative estimate of drug-likeness (QED) is 0.453. The third kappa shape index (κ3) is 4.42. The Labute approximate surface area is 167 Å². The SMILES string of the molecule is COc1ccc(CN(C)C(=O)CSc2nc(C)nc3sc(C)c(C)c23)cc1. The number of carbonyl (C=O) groups excluding carboxylic acids is 1. The van der Waals surface area contributed by atoms with E-state index in [1.54, 1.807) is 23.3 Å². The highest BCUT2D eigenvalue weighted by molar-refractivity contribution is 8.00. The Morgan fingerprint density at radius 3 is 2.56 bits per heavy atom. The molecule has 0 aliphatic heterocycles. The van der Waals surface area contributed by atoms with Gasteiger partial charge in [-0.3, -0.25) is 4.79 Å². The lowest BCUT2D eigenvalue weighted by molar-refractivity contribution is -0.127. The number of methoxy groups -OCH3 is 1. The van der Waals surface area contributed by atoms with Crippen molar-refractivity contribution in [1.29, 1.82) is 0 Å². The first kappa shape index (κ1) is 19.6. The number of aryl methyl sites for hydroxylation is 3. The van der Waals surface area contributed by atoms with Crippen molar-refractivity contribution >= 4 is 39.2 Å². The van der Waals surface area contributed by atoms with Gasteiger partial charge in [0.25, 0.3) is 0 Å². The van der Waals surface area contributed by atoms with Crippen LogP contribution in [0.2, 0.25) is 0 Å². The third-order valence-corrected chi connectivity index (χ3v) is 6.51. The molecule has 0 saturated carbocycles. The van der Waals surface area contributed by atoms with Crippen LogP contribution in [0.15, 0.2) is 29.3 Å². The fourth-order valence-electron chi connectivity index (χ4n) is 2.75. The minimum absolute atomic E-state index is 0.0739. The molecule has 0 spiro atoms. The Morgan fingerprint density at radius 2 is 1.89 bits per heavy atom. The molecule has 7 heteroatoms. The maximum atomic E-state index is 12.6. The molecule has 0 radical (unpaired) electrons. The highest BCUT2D eigenvalue weighted by atomic mass is 32.2. The van der Waals surface area contributed by atoms with E-state index < -0.39 is 0 Å². The molecule has 2 heterocycles. The van der Waals surface area contributed by atoms with Gasteiger partial charge < -0.3 is 9.64 Å². The first-order valence-corrected chi connectivity index (χ1v) is 10.4. The number of thiophene rings is 1. The van der Waals surface area contributed by atoms with Gasteiger partial charge in [-0.25, -0.2) is 9.97 Å². The van der Waals surface area contributed by atoms with E-state index in [1.807, 2.05) is 38.2 Å². The van der Waals surface area contributed by atoms with E-state index in [0.29, 0.717) is 12.3 Å². The van der Waals surface area contributed by atoms with Gasteiger partial charge in [0, 0.05) is 23.9 Å². The number of rotatable bonds is 6. The minimum atomic E-state index is 0.0739. The molecule has 142 valence electrons. The molecule has 0 N–H and O–H groups in total. The molecule has 5 nitrogen and oxygen atoms in total. The van der Waals surface area contributed by atoms with Crippen LogP contribution in [-0.4, -0.2) is 40.7 Å². The van der Waals surface area contributed by atoms with Crippen molar-refractivity contribution in [3.05, 3.63) is 46.1 Å². The number of benzene rings is 1. The number of thioether (sulfide) groups is 1. The minimum Gasteiger partial charge on any atom is -0.497 e. The molecular weight excluding hydrogens is 378 g/mol. The number of ether oxygens (including phenoxy) is 1. The van der Waals surface area contributed by atoms with E-state index in [1.165, 1.54) is 22.2 Å². The largest absolute Gasteiger partial charge is 0.497 e. The zero-order chi connectivity index (χ0) is 19.6. The lowest BCUT2D eigenvalue weighted by atomic mass is 10.2. The second-order valence-electron chi connectivity index (χ2n) is 6.43. The Morgan fingerprint density at radius 1 is 1.19 bits per heavy atom. The van der Waals surface area contributed by atoms with Crippen LogP contribution in [-0.2, 0) is 11.3 Å². The summed E-state index contributed by atoms with van der Waals surface area (Å²) in [4.78, 5) is 25.7. The van der Waals surface area contributed by atoms with Crippen molar-refractivity contribution in [3.63, 3.8) is 0 Å². The number of amides is 1. The number of hydrogen-bond donors (Lipinski definition) is 0. The van der Waals surface area contributed by atoms with Gasteiger partial charge in [-0.1, -0.05) is 23.9 Å². The number of aromatic nitrogens is 2. The Kier molecular flexibility index (Phi) is 6.01. The lowest BCUT2D eigenvalue weighted by Gasteiger charge is -2.17. The van der Waals surface area contributed by atoms with Crippen LogP contribution in [0.1, 0.15) is 21.8 Å². The Balaban J connectivity index is 1.68. The predicted octanol–water partition coefficient (Wildman–Crippen LogP) is 4.38. The molecule has 0 unspecified atom stereocenters. The molecular formula is C20H23N3O2S2. The second-order valence-corrected chi connectivity index (χ2v) is 8.59. The van der Waals surface area contributed by atoms with Crippen molar-refractivity contribution in [3.8, 4) is 5.75 Å². The average Bonchev–Trinajstić information content (AvgIpc) is 2.93. The van der Waals surface area contributed by atoms with Gasteiger partial charge in [0.15, 0.2) is 0 Å². The first-order valence-electron chi connectivity index (χ1n) is 8.63. The molecule has 0 aliphatic rings. The molecule has 0 atom stereocenters. The molecule has 1 amide bonds. The first-order chi connectivity index (χ1) is 12.9. The lowest BCUT2D eigenvalue weighted by Crippen LogP contribution is -2.27. The van der Waals surface area contributed by atoms with E-state index in [9.17, 15) is 4.79 Å². The van der Waals surface area contributed by atoms with Crippen LogP contribution in [0.5, 0.6) is 5.75 Å². The van der Waals surface area contributed by atoms with Crippen LogP contribution in [0.25, 0.3) is 10.2 Å². The van der Waals surface area contributed by atoms with Crippen molar-refractivity contribution < 1.29 is 9.53 Å². The Hall–Kier alpha value is -2.12. The number of hydrogen-bond acceptors (Lipinski definition) is 6. The van der Waals surface area contributed by atoms with Crippen molar-refractivity contribution in [2.24, 2.45) is 0 Å². The average molecular weight is 402 g/mol. The van der Waals surface area contributed by atoms with Gasteiger partial charge in [-0.15, -0.1) is 11.3 Å². The fraction of sp³-hybridized carbons (Fsp3) is 0.350. The van der Waals surface area contributed by atoms with E-state index >= 15 is 0 Å². The summed E-state index contributed by atoms with van der Waals surface area (Å²) in [6, 6.07) is 7.77. The van der Waals surface area contributed by atoms with Gasteiger partial charge in [-0.05, 0) is 44.0 Å². The highest BCUT2D eigenvalue weighted by Gasteiger charge is 2.16. The topological polar surface area (TPSA) is 55.3 Å². The summed E-state index contributed by atoms with van der Waals surface area (Å²) in [5.74, 6) is 1.98. The summed E-state index contributed by atoms with van der Waals surface area (Å²) < 4.78 is 5.17. The summed E-state index contributed by atoms with van der Waals surface area (Å²) >= 11 is 3.17. The van der Waals surface area contributed by atoms with Crippen molar-refractivity contribution in [2.45, 2.75) is 32.3 Å². The van der Waals surface area contributed by atoms with Crippen molar-refractivity contribution in [2.75, 3.05) is 19.9 Å². The maximum absolute atomic E-state index is 12.6.